The van der Waals surface area contributed by atoms with Gasteiger partial charge in [-0.05, 0) is 47.5 Å². The van der Waals surface area contributed by atoms with Crippen LogP contribution in [-0.4, -0.2) is 35.9 Å². The van der Waals surface area contributed by atoms with Crippen molar-refractivity contribution >= 4 is 5.65 Å². The molecule has 0 amide bonds. The van der Waals surface area contributed by atoms with E-state index >= 15 is 0 Å². The van der Waals surface area contributed by atoms with Gasteiger partial charge in [0.05, 0.1) is 26.9 Å². The largest absolute Gasteiger partial charge is 0.493 e. The van der Waals surface area contributed by atoms with Gasteiger partial charge in [0.2, 0.25) is 5.75 Å². The molecular formula is C22H18F3N3O3. The molecule has 0 bridgehead atoms. The number of halogens is 3. The molecule has 2 aromatic carbocycles. The summed E-state index contributed by atoms with van der Waals surface area (Å²) >= 11 is 0. The standard InChI is InChI=1S/C22H18F3N3O3/c1-29-17-10-15(11-18(30-2)20(17)31-3)14-7-8-19-26-27-21(28(19)12-14)13-5-4-6-16(9-13)22(23,24)25/h4-12H,1-3H3. The van der Waals surface area contributed by atoms with Crippen LogP contribution in [0.5, 0.6) is 17.2 Å². The summed E-state index contributed by atoms with van der Waals surface area (Å²) < 4.78 is 57.2. The molecule has 0 radical (unpaired) electrons. The van der Waals surface area contributed by atoms with Crippen LogP contribution in [0.25, 0.3) is 28.2 Å². The average molecular weight is 429 g/mol. The van der Waals surface area contributed by atoms with Crippen LogP contribution in [-0.2, 0) is 6.18 Å². The predicted molar refractivity (Wildman–Crippen MR) is 109 cm³/mol. The summed E-state index contributed by atoms with van der Waals surface area (Å²) in [6.45, 7) is 0. The zero-order valence-corrected chi connectivity index (χ0v) is 16.9. The van der Waals surface area contributed by atoms with Gasteiger partial charge >= 0.3 is 6.18 Å². The van der Waals surface area contributed by atoms with Crippen LogP contribution < -0.4 is 14.2 Å². The van der Waals surface area contributed by atoms with Crippen LogP contribution in [0.15, 0.2) is 54.7 Å². The lowest BCUT2D eigenvalue weighted by atomic mass is 10.1. The molecule has 6 nitrogen and oxygen atoms in total. The molecule has 31 heavy (non-hydrogen) atoms. The number of ether oxygens (including phenoxy) is 3. The SMILES string of the molecule is COc1cc(-c2ccc3nnc(-c4cccc(C(F)(F)F)c4)n3c2)cc(OC)c1OC. The number of hydrogen-bond donors (Lipinski definition) is 0. The summed E-state index contributed by atoms with van der Waals surface area (Å²) in [5, 5.41) is 8.17. The Hall–Kier alpha value is -3.75. The second-order valence-electron chi connectivity index (χ2n) is 6.66. The summed E-state index contributed by atoms with van der Waals surface area (Å²) in [7, 11) is 4.57. The van der Waals surface area contributed by atoms with Crippen LogP contribution in [0, 0.1) is 0 Å². The fraction of sp³-hybridized carbons (Fsp3) is 0.182. The monoisotopic (exact) mass is 429 g/mol. The Labute approximate surface area is 175 Å². The normalized spacial score (nSPS) is 11.5. The van der Waals surface area contributed by atoms with E-state index in [4.69, 9.17) is 14.2 Å². The lowest BCUT2D eigenvalue weighted by Gasteiger charge is -2.14. The number of methoxy groups -OCH3 is 3. The molecule has 0 fully saturated rings. The fourth-order valence-corrected chi connectivity index (χ4v) is 3.34. The molecule has 2 heterocycles. The Morgan fingerprint density at radius 3 is 2.10 bits per heavy atom. The minimum atomic E-state index is -4.45. The average Bonchev–Trinajstić information content (AvgIpc) is 3.20. The highest BCUT2D eigenvalue weighted by Crippen LogP contribution is 2.41. The molecule has 0 aliphatic rings. The number of hydrogen-bond acceptors (Lipinski definition) is 5. The number of nitrogens with zero attached hydrogens (tertiary/aromatic N) is 3. The van der Waals surface area contributed by atoms with Crippen molar-refractivity contribution in [3.63, 3.8) is 0 Å². The quantitative estimate of drug-likeness (QED) is 0.441. The topological polar surface area (TPSA) is 57.9 Å². The molecule has 4 aromatic rings. The highest BCUT2D eigenvalue weighted by atomic mass is 19.4. The molecule has 0 aliphatic carbocycles. The predicted octanol–water partition coefficient (Wildman–Crippen LogP) is 5.11. The van der Waals surface area contributed by atoms with E-state index in [1.165, 1.54) is 27.4 Å². The van der Waals surface area contributed by atoms with Gasteiger partial charge < -0.3 is 14.2 Å². The van der Waals surface area contributed by atoms with Crippen molar-refractivity contribution < 1.29 is 27.4 Å². The third-order valence-electron chi connectivity index (χ3n) is 4.85. The van der Waals surface area contributed by atoms with Crippen LogP contribution in [0.1, 0.15) is 5.56 Å². The number of benzene rings is 2. The third-order valence-corrected chi connectivity index (χ3v) is 4.85. The smallest absolute Gasteiger partial charge is 0.416 e. The zero-order valence-electron chi connectivity index (χ0n) is 16.9. The first-order valence-electron chi connectivity index (χ1n) is 9.18. The van der Waals surface area contributed by atoms with Crippen LogP contribution in [0.4, 0.5) is 13.2 Å². The van der Waals surface area contributed by atoms with E-state index in [1.54, 1.807) is 34.9 Å². The first kappa shape index (κ1) is 20.5. The molecule has 9 heteroatoms. The van der Waals surface area contributed by atoms with E-state index in [-0.39, 0.29) is 0 Å². The first-order valence-corrected chi connectivity index (χ1v) is 9.18. The van der Waals surface area contributed by atoms with Gasteiger partial charge in [0, 0.05) is 11.8 Å². The van der Waals surface area contributed by atoms with Crippen molar-refractivity contribution in [1.29, 1.82) is 0 Å². The van der Waals surface area contributed by atoms with Gasteiger partial charge in [-0.1, -0.05) is 12.1 Å². The minimum absolute atomic E-state index is 0.301. The zero-order chi connectivity index (χ0) is 22.2. The lowest BCUT2D eigenvalue weighted by molar-refractivity contribution is -0.137. The van der Waals surface area contributed by atoms with Crippen LogP contribution in [0.2, 0.25) is 0 Å². The van der Waals surface area contributed by atoms with E-state index in [2.05, 4.69) is 10.2 Å². The first-order chi connectivity index (χ1) is 14.9. The third kappa shape index (κ3) is 3.74. The number of pyridine rings is 1. The summed E-state index contributed by atoms with van der Waals surface area (Å²) in [6.07, 6.45) is -2.69. The van der Waals surface area contributed by atoms with E-state index in [0.29, 0.717) is 34.3 Å². The van der Waals surface area contributed by atoms with E-state index < -0.39 is 11.7 Å². The van der Waals surface area contributed by atoms with Crippen molar-refractivity contribution in [2.45, 2.75) is 6.18 Å². The van der Waals surface area contributed by atoms with Gasteiger partial charge in [0.1, 0.15) is 0 Å². The molecule has 0 saturated heterocycles. The molecule has 4 rings (SSSR count). The molecule has 0 aliphatic heterocycles. The minimum Gasteiger partial charge on any atom is -0.493 e. The number of rotatable bonds is 5. The summed E-state index contributed by atoms with van der Waals surface area (Å²) in [6, 6.07) is 12.1. The molecule has 0 N–H and O–H groups in total. The summed E-state index contributed by atoms with van der Waals surface area (Å²) in [4.78, 5) is 0. The molecular weight excluding hydrogens is 411 g/mol. The Morgan fingerprint density at radius 2 is 1.48 bits per heavy atom. The molecule has 0 spiro atoms. The second kappa shape index (κ2) is 7.82. The summed E-state index contributed by atoms with van der Waals surface area (Å²) in [5.74, 6) is 1.73. The molecule has 0 saturated carbocycles. The Kier molecular flexibility index (Phi) is 5.18. The summed E-state index contributed by atoms with van der Waals surface area (Å²) in [5.41, 5.74) is 1.59. The Bertz CT molecular complexity index is 1230. The molecule has 160 valence electrons. The van der Waals surface area contributed by atoms with E-state index in [1.807, 2.05) is 6.07 Å². The van der Waals surface area contributed by atoms with Gasteiger partial charge in [-0.15, -0.1) is 10.2 Å². The van der Waals surface area contributed by atoms with Crippen molar-refractivity contribution in [2.24, 2.45) is 0 Å². The fourth-order valence-electron chi connectivity index (χ4n) is 3.34. The van der Waals surface area contributed by atoms with E-state index in [9.17, 15) is 13.2 Å². The van der Waals surface area contributed by atoms with Crippen molar-refractivity contribution in [3.05, 3.63) is 60.3 Å². The lowest BCUT2D eigenvalue weighted by Crippen LogP contribution is -2.04. The van der Waals surface area contributed by atoms with Gasteiger partial charge in [0.25, 0.3) is 0 Å². The highest BCUT2D eigenvalue weighted by Gasteiger charge is 2.30. The van der Waals surface area contributed by atoms with Crippen LogP contribution in [0.3, 0.4) is 0 Å². The number of aromatic nitrogens is 3. The maximum atomic E-state index is 13.1. The maximum Gasteiger partial charge on any atom is 0.416 e. The Morgan fingerprint density at radius 1 is 0.774 bits per heavy atom. The second-order valence-corrected chi connectivity index (χ2v) is 6.66. The molecule has 2 aromatic heterocycles. The van der Waals surface area contributed by atoms with Gasteiger partial charge in [-0.2, -0.15) is 13.2 Å². The van der Waals surface area contributed by atoms with E-state index in [0.717, 1.165) is 23.3 Å². The molecule has 0 atom stereocenters. The number of alkyl halides is 3. The van der Waals surface area contributed by atoms with Gasteiger partial charge in [-0.25, -0.2) is 0 Å². The van der Waals surface area contributed by atoms with Gasteiger partial charge in [0.15, 0.2) is 23.0 Å². The van der Waals surface area contributed by atoms with Crippen LogP contribution >= 0.6 is 0 Å². The highest BCUT2D eigenvalue weighted by molar-refractivity contribution is 5.72. The maximum absolute atomic E-state index is 13.1. The van der Waals surface area contributed by atoms with Crippen molar-refractivity contribution in [1.82, 2.24) is 14.6 Å². The van der Waals surface area contributed by atoms with Gasteiger partial charge in [-0.3, -0.25) is 4.40 Å². The van der Waals surface area contributed by atoms with Crippen molar-refractivity contribution in [3.8, 4) is 39.8 Å². The number of fused-ring (bicyclic) bond motifs is 1. The van der Waals surface area contributed by atoms with Crippen molar-refractivity contribution in [2.75, 3.05) is 21.3 Å². The molecule has 0 unspecified atom stereocenters. The Balaban J connectivity index is 1.85.